The predicted molar refractivity (Wildman–Crippen MR) is 130 cm³/mol. The number of carbonyl (C=O) groups excluding carboxylic acids is 2. The molecule has 0 saturated heterocycles. The Bertz CT molecular complexity index is 1180. The fraction of sp³-hybridized carbons (Fsp3) is 0.280. The average Bonchev–Trinajstić information content (AvgIpc) is 3.06. The van der Waals surface area contributed by atoms with E-state index in [9.17, 15) is 9.59 Å². The van der Waals surface area contributed by atoms with Crippen LogP contribution >= 0.6 is 22.6 Å². The van der Waals surface area contributed by atoms with E-state index in [0.717, 1.165) is 20.4 Å². The number of benzene rings is 2. The minimum atomic E-state index is -0.595. The molecule has 0 saturated carbocycles. The van der Waals surface area contributed by atoms with Gasteiger partial charge in [0.1, 0.15) is 0 Å². The summed E-state index contributed by atoms with van der Waals surface area (Å²) in [7, 11) is 1.35. The second-order valence-electron chi connectivity index (χ2n) is 7.45. The highest BCUT2D eigenvalue weighted by Gasteiger charge is 2.43. The van der Waals surface area contributed by atoms with Crippen LogP contribution in [0.2, 0.25) is 0 Å². The fourth-order valence-electron chi connectivity index (χ4n) is 4.34. The second kappa shape index (κ2) is 8.97. The maximum atomic E-state index is 13.5. The van der Waals surface area contributed by atoms with E-state index in [-0.39, 0.29) is 5.78 Å². The molecule has 0 spiro atoms. The minimum Gasteiger partial charge on any atom is -0.490 e. The first-order valence-electron chi connectivity index (χ1n) is 10.5. The zero-order valence-corrected chi connectivity index (χ0v) is 20.5. The normalized spacial score (nSPS) is 17.0. The number of esters is 1. The number of fused-ring (bicyclic) bond motifs is 2. The quantitative estimate of drug-likeness (QED) is 0.414. The highest BCUT2D eigenvalue weighted by molar-refractivity contribution is 14.1. The van der Waals surface area contributed by atoms with Crippen molar-refractivity contribution in [2.45, 2.75) is 26.7 Å². The number of rotatable bonds is 6. The largest absolute Gasteiger partial charge is 0.490 e. The molecule has 0 unspecified atom stereocenters. The molecule has 0 aromatic heterocycles. The molecule has 0 fully saturated rings. The molecule has 1 N–H and O–H groups in total. The van der Waals surface area contributed by atoms with Crippen molar-refractivity contribution < 1.29 is 23.8 Å². The lowest BCUT2D eigenvalue weighted by atomic mass is 9.79. The van der Waals surface area contributed by atoms with E-state index < -0.39 is 11.9 Å². The molecule has 4 rings (SSSR count). The summed E-state index contributed by atoms with van der Waals surface area (Å²) in [5.74, 6) is 0.0768. The number of halogens is 1. The van der Waals surface area contributed by atoms with Gasteiger partial charge in [0.25, 0.3) is 0 Å². The number of Topliss-reactive ketones (excluding diaryl/α,β-unsaturated/α-hetero) is 1. The Morgan fingerprint density at radius 1 is 1.09 bits per heavy atom. The minimum absolute atomic E-state index is 0.0937. The van der Waals surface area contributed by atoms with Crippen molar-refractivity contribution >= 4 is 40.0 Å². The van der Waals surface area contributed by atoms with E-state index in [2.05, 4.69) is 27.9 Å². The number of hydrogen-bond donors (Lipinski definition) is 1. The van der Waals surface area contributed by atoms with Crippen molar-refractivity contribution in [3.63, 3.8) is 0 Å². The summed E-state index contributed by atoms with van der Waals surface area (Å²) >= 11 is 2.20. The van der Waals surface area contributed by atoms with Gasteiger partial charge in [-0.3, -0.25) is 4.79 Å². The lowest BCUT2D eigenvalue weighted by Crippen LogP contribution is -2.29. The summed E-state index contributed by atoms with van der Waals surface area (Å²) in [6.45, 7) is 6.61. The van der Waals surface area contributed by atoms with E-state index in [4.69, 9.17) is 14.2 Å². The molecule has 0 radical (unpaired) electrons. The van der Waals surface area contributed by atoms with Gasteiger partial charge in [0.2, 0.25) is 0 Å². The average molecular weight is 545 g/mol. The van der Waals surface area contributed by atoms with Gasteiger partial charge in [-0.05, 0) is 61.1 Å². The molecule has 2 aromatic rings. The van der Waals surface area contributed by atoms with Crippen LogP contribution in [0.3, 0.4) is 0 Å². The van der Waals surface area contributed by atoms with E-state index in [1.165, 1.54) is 7.11 Å². The number of ether oxygens (including phenoxy) is 3. The zero-order valence-electron chi connectivity index (χ0n) is 18.4. The van der Waals surface area contributed by atoms with E-state index >= 15 is 0 Å². The van der Waals surface area contributed by atoms with Crippen LogP contribution < -0.4 is 14.8 Å². The van der Waals surface area contributed by atoms with Gasteiger partial charge in [0.15, 0.2) is 17.3 Å². The zero-order chi connectivity index (χ0) is 23.0. The van der Waals surface area contributed by atoms with Gasteiger partial charge in [-0.25, -0.2) is 4.79 Å². The predicted octanol–water partition coefficient (Wildman–Crippen LogP) is 4.83. The summed E-state index contributed by atoms with van der Waals surface area (Å²) < 4.78 is 17.6. The van der Waals surface area contributed by atoms with Crippen LogP contribution in [0.25, 0.3) is 5.70 Å². The molecule has 32 heavy (non-hydrogen) atoms. The molecule has 6 nitrogen and oxygen atoms in total. The third-order valence-corrected chi connectivity index (χ3v) is 6.41. The number of hydrogen-bond acceptors (Lipinski definition) is 6. The third-order valence-electron chi connectivity index (χ3n) is 5.61. The smallest absolute Gasteiger partial charge is 0.336 e. The highest BCUT2D eigenvalue weighted by atomic mass is 127. The Morgan fingerprint density at radius 2 is 1.78 bits per heavy atom. The standard InChI is InChI=1S/C25H24INO5/c1-5-31-18-12-14(11-17(26)24(18)32-6-2)20-19(25(29)30-4)13(3)27-22-15-9-7-8-10-16(15)23(28)21(20)22/h7-12,20,27H,5-6H2,1-4H3/t20-/m1/s1. The van der Waals surface area contributed by atoms with Crippen LogP contribution in [-0.2, 0) is 9.53 Å². The highest BCUT2D eigenvalue weighted by Crippen LogP contribution is 2.48. The molecule has 166 valence electrons. The van der Waals surface area contributed by atoms with Crippen LogP contribution in [0.15, 0.2) is 53.2 Å². The number of ketones is 1. The summed E-state index contributed by atoms with van der Waals surface area (Å²) in [5, 5.41) is 3.30. The SMILES string of the molecule is CCOc1cc([C@@H]2C(C(=O)OC)=C(C)NC3=C2C(=O)c2ccccc23)cc(I)c1OCC. The number of methoxy groups -OCH3 is 1. The van der Waals surface area contributed by atoms with Crippen LogP contribution in [0.1, 0.15) is 48.2 Å². The lowest BCUT2D eigenvalue weighted by Gasteiger charge is -2.29. The molecule has 1 heterocycles. The Labute approximate surface area is 200 Å². The third kappa shape index (κ3) is 3.58. The van der Waals surface area contributed by atoms with Gasteiger partial charge in [-0.1, -0.05) is 24.3 Å². The number of nitrogens with one attached hydrogen (secondary N) is 1. The van der Waals surface area contributed by atoms with E-state index in [1.54, 1.807) is 0 Å². The van der Waals surface area contributed by atoms with Crippen LogP contribution in [0, 0.1) is 3.57 Å². The van der Waals surface area contributed by atoms with Gasteiger partial charge in [0, 0.05) is 28.3 Å². The monoisotopic (exact) mass is 545 g/mol. The molecular weight excluding hydrogens is 521 g/mol. The molecule has 2 aromatic carbocycles. The number of dihydropyridines is 1. The topological polar surface area (TPSA) is 73.9 Å². The molecule has 1 atom stereocenters. The van der Waals surface area contributed by atoms with Crippen LogP contribution in [0.5, 0.6) is 11.5 Å². The Balaban J connectivity index is 1.96. The summed E-state index contributed by atoms with van der Waals surface area (Å²) in [4.78, 5) is 26.4. The first-order chi connectivity index (χ1) is 15.4. The van der Waals surface area contributed by atoms with Gasteiger partial charge in [0.05, 0.1) is 35.2 Å². The molecule has 1 aliphatic carbocycles. The van der Waals surface area contributed by atoms with Gasteiger partial charge in [-0.2, -0.15) is 0 Å². The lowest BCUT2D eigenvalue weighted by molar-refractivity contribution is -0.136. The first kappa shape index (κ1) is 22.4. The van der Waals surface area contributed by atoms with Crippen molar-refractivity contribution in [2.75, 3.05) is 20.3 Å². The van der Waals surface area contributed by atoms with Crippen LogP contribution in [0.4, 0.5) is 0 Å². The van der Waals surface area contributed by atoms with Gasteiger partial charge >= 0.3 is 5.97 Å². The molecule has 0 amide bonds. The van der Waals surface area contributed by atoms with Crippen molar-refractivity contribution in [1.29, 1.82) is 0 Å². The summed E-state index contributed by atoms with van der Waals surface area (Å²) in [6, 6.07) is 11.3. The maximum Gasteiger partial charge on any atom is 0.336 e. The van der Waals surface area contributed by atoms with Crippen molar-refractivity contribution in [1.82, 2.24) is 5.32 Å². The van der Waals surface area contributed by atoms with Crippen LogP contribution in [-0.4, -0.2) is 32.1 Å². The molecule has 7 heteroatoms. The van der Waals surface area contributed by atoms with E-state index in [1.807, 2.05) is 57.2 Å². The molecule has 2 aliphatic rings. The number of carbonyl (C=O) groups is 2. The van der Waals surface area contributed by atoms with Crippen molar-refractivity contribution in [3.8, 4) is 11.5 Å². The molecule has 1 aliphatic heterocycles. The van der Waals surface area contributed by atoms with Gasteiger partial charge in [-0.15, -0.1) is 0 Å². The summed E-state index contributed by atoms with van der Waals surface area (Å²) in [5.41, 5.74) is 4.59. The fourth-order valence-corrected chi connectivity index (χ4v) is 5.13. The van der Waals surface area contributed by atoms with E-state index in [0.29, 0.717) is 47.1 Å². The maximum absolute atomic E-state index is 13.5. The Morgan fingerprint density at radius 3 is 2.44 bits per heavy atom. The van der Waals surface area contributed by atoms with Crippen molar-refractivity contribution in [3.05, 3.63) is 73.5 Å². The molecule has 0 bridgehead atoms. The second-order valence-corrected chi connectivity index (χ2v) is 8.61. The van der Waals surface area contributed by atoms with Crippen molar-refractivity contribution in [2.24, 2.45) is 0 Å². The molecular formula is C25H24INO5. The summed E-state index contributed by atoms with van der Waals surface area (Å²) in [6.07, 6.45) is 0. The number of allylic oxidation sites excluding steroid dienone is 2. The Kier molecular flexibility index (Phi) is 6.28. The first-order valence-corrected chi connectivity index (χ1v) is 11.5. The Hall–Kier alpha value is -2.81. The van der Waals surface area contributed by atoms with Gasteiger partial charge < -0.3 is 19.5 Å².